The summed E-state index contributed by atoms with van der Waals surface area (Å²) in [6.07, 6.45) is 2.16. The monoisotopic (exact) mass is 207 g/mol. The van der Waals surface area contributed by atoms with Crippen LogP contribution in [-0.4, -0.2) is 27.4 Å². The van der Waals surface area contributed by atoms with Crippen molar-refractivity contribution in [1.29, 1.82) is 0 Å². The summed E-state index contributed by atoms with van der Waals surface area (Å²) in [5, 5.41) is 4.39. The molecule has 0 saturated carbocycles. The molecule has 4 nitrogen and oxygen atoms in total. The zero-order valence-electron chi connectivity index (χ0n) is 8.06. The molecule has 0 saturated heterocycles. The van der Waals surface area contributed by atoms with Crippen molar-refractivity contribution in [2.24, 2.45) is 11.1 Å². The Balaban J connectivity index is 4.35. The van der Waals surface area contributed by atoms with Crippen LogP contribution in [0.1, 0.15) is 13.3 Å². The average Bonchev–Trinajstić information content (AvgIpc) is 2.01. The molecule has 0 rings (SSSR count). The largest absolute Gasteiger partial charge is 0.383 e. The highest BCUT2D eigenvalue weighted by Crippen LogP contribution is 2.12. The molecule has 2 atom stereocenters. The second-order valence-electron chi connectivity index (χ2n) is 3.12. The molecule has 13 heavy (non-hydrogen) atoms. The van der Waals surface area contributed by atoms with E-state index in [0.29, 0.717) is 6.42 Å². The van der Waals surface area contributed by atoms with Gasteiger partial charge in [0.1, 0.15) is 0 Å². The summed E-state index contributed by atoms with van der Waals surface area (Å²) >= 11 is 0. The summed E-state index contributed by atoms with van der Waals surface area (Å²) in [5.74, 6) is 0.124. The van der Waals surface area contributed by atoms with Crippen LogP contribution in [-0.2, 0) is 14.8 Å². The molecule has 0 bridgehead atoms. The highest BCUT2D eigenvalue weighted by atomic mass is 32.2. The number of ether oxygens (including phenoxy) is 1. The molecule has 0 aromatic heterocycles. The summed E-state index contributed by atoms with van der Waals surface area (Å²) in [4.78, 5) is 0. The number of nitrogens with two attached hydrogens (primary N) is 1. The molecule has 0 aliphatic heterocycles. The van der Waals surface area contributed by atoms with Crippen LogP contribution < -0.4 is 5.14 Å². The van der Waals surface area contributed by atoms with Gasteiger partial charge in [0.15, 0.2) is 0 Å². The Hall–Kier alpha value is -0.390. The Morgan fingerprint density at radius 2 is 2.15 bits per heavy atom. The van der Waals surface area contributed by atoms with E-state index in [2.05, 4.69) is 6.58 Å². The third-order valence-electron chi connectivity index (χ3n) is 1.85. The topological polar surface area (TPSA) is 69.4 Å². The van der Waals surface area contributed by atoms with Crippen LogP contribution in [0, 0.1) is 5.92 Å². The summed E-state index contributed by atoms with van der Waals surface area (Å²) in [6.45, 7) is 5.61. The van der Waals surface area contributed by atoms with Gasteiger partial charge in [0, 0.05) is 7.11 Å². The van der Waals surface area contributed by atoms with Crippen LogP contribution in [0.25, 0.3) is 0 Å². The predicted octanol–water partition coefficient (Wildman–Crippen LogP) is 0.502. The molecule has 0 aliphatic carbocycles. The highest BCUT2D eigenvalue weighted by molar-refractivity contribution is 7.89. The lowest BCUT2D eigenvalue weighted by atomic mass is 10.1. The maximum absolute atomic E-state index is 11.0. The van der Waals surface area contributed by atoms with E-state index in [1.54, 1.807) is 6.08 Å². The predicted molar refractivity (Wildman–Crippen MR) is 52.7 cm³/mol. The second-order valence-corrected chi connectivity index (χ2v) is 4.96. The van der Waals surface area contributed by atoms with Gasteiger partial charge in [-0.3, -0.25) is 0 Å². The van der Waals surface area contributed by atoms with Crippen molar-refractivity contribution < 1.29 is 13.2 Å². The summed E-state index contributed by atoms with van der Waals surface area (Å²) in [5.41, 5.74) is 0. The Bertz CT molecular complexity index is 248. The Morgan fingerprint density at radius 3 is 2.46 bits per heavy atom. The fraction of sp³-hybridized carbons (Fsp3) is 0.750. The van der Waals surface area contributed by atoms with E-state index in [-0.39, 0.29) is 12.5 Å². The van der Waals surface area contributed by atoms with E-state index >= 15 is 0 Å². The average molecular weight is 207 g/mol. The maximum atomic E-state index is 11.0. The quantitative estimate of drug-likeness (QED) is 0.645. The number of methoxy groups -OCH3 is 1. The third kappa shape index (κ3) is 5.02. The lowest BCUT2D eigenvalue weighted by Gasteiger charge is -2.15. The van der Waals surface area contributed by atoms with E-state index in [4.69, 9.17) is 9.88 Å². The van der Waals surface area contributed by atoms with Crippen molar-refractivity contribution in [2.75, 3.05) is 13.7 Å². The zero-order valence-corrected chi connectivity index (χ0v) is 8.88. The molecule has 0 unspecified atom stereocenters. The molecular formula is C8H17NO3S. The van der Waals surface area contributed by atoms with Crippen LogP contribution in [0.3, 0.4) is 0 Å². The number of hydrogen-bond acceptors (Lipinski definition) is 3. The molecule has 78 valence electrons. The van der Waals surface area contributed by atoms with E-state index in [0.717, 1.165) is 0 Å². The molecule has 0 aromatic carbocycles. The van der Waals surface area contributed by atoms with E-state index < -0.39 is 15.3 Å². The molecule has 2 N–H and O–H groups in total. The van der Waals surface area contributed by atoms with Crippen molar-refractivity contribution >= 4 is 10.0 Å². The van der Waals surface area contributed by atoms with Gasteiger partial charge < -0.3 is 4.74 Å². The number of sulfonamides is 1. The molecule has 5 heteroatoms. The van der Waals surface area contributed by atoms with Crippen LogP contribution in [0.4, 0.5) is 0 Å². The molecule has 0 radical (unpaired) electrons. The number of primary sulfonamides is 1. The van der Waals surface area contributed by atoms with E-state index in [1.165, 1.54) is 7.11 Å². The van der Waals surface area contributed by atoms with Crippen LogP contribution in [0.15, 0.2) is 12.7 Å². The van der Waals surface area contributed by atoms with E-state index in [1.807, 2.05) is 6.92 Å². The zero-order chi connectivity index (χ0) is 10.5. The molecule has 0 amide bonds. The fourth-order valence-corrected chi connectivity index (χ4v) is 1.89. The van der Waals surface area contributed by atoms with Gasteiger partial charge in [-0.1, -0.05) is 13.0 Å². The Kier molecular flexibility index (Phi) is 5.20. The van der Waals surface area contributed by atoms with Gasteiger partial charge in [-0.05, 0) is 12.3 Å². The van der Waals surface area contributed by atoms with Crippen molar-refractivity contribution in [1.82, 2.24) is 0 Å². The summed E-state index contributed by atoms with van der Waals surface area (Å²) < 4.78 is 26.9. The minimum atomic E-state index is -3.50. The number of rotatable bonds is 6. The molecule has 0 aliphatic rings. The smallest absolute Gasteiger partial charge is 0.214 e. The van der Waals surface area contributed by atoms with Crippen LogP contribution in [0.5, 0.6) is 0 Å². The van der Waals surface area contributed by atoms with Gasteiger partial charge in [0.2, 0.25) is 10.0 Å². The number of allylic oxidation sites excluding steroid dienone is 1. The molecule has 0 heterocycles. The highest BCUT2D eigenvalue weighted by Gasteiger charge is 2.22. The van der Waals surface area contributed by atoms with Gasteiger partial charge in [0.05, 0.1) is 11.9 Å². The van der Waals surface area contributed by atoms with E-state index in [9.17, 15) is 8.42 Å². The molecule has 0 fully saturated rings. The third-order valence-corrected chi connectivity index (χ3v) is 3.11. The van der Waals surface area contributed by atoms with Crippen LogP contribution in [0.2, 0.25) is 0 Å². The summed E-state index contributed by atoms with van der Waals surface area (Å²) in [6, 6.07) is 0. The van der Waals surface area contributed by atoms with Gasteiger partial charge in [-0.25, -0.2) is 13.6 Å². The first kappa shape index (κ1) is 12.6. The fourth-order valence-electron chi connectivity index (χ4n) is 0.994. The lowest BCUT2D eigenvalue weighted by Crippen LogP contribution is -2.33. The summed E-state index contributed by atoms with van der Waals surface area (Å²) in [7, 11) is -2.05. The first-order chi connectivity index (χ1) is 5.91. The van der Waals surface area contributed by atoms with Crippen molar-refractivity contribution in [3.05, 3.63) is 12.7 Å². The van der Waals surface area contributed by atoms with Gasteiger partial charge in [-0.2, -0.15) is 0 Å². The minimum absolute atomic E-state index is 0.124. The Labute approximate surface area is 79.8 Å². The van der Waals surface area contributed by atoms with Gasteiger partial charge in [-0.15, -0.1) is 6.58 Å². The normalized spacial score (nSPS) is 16.5. The molecule has 0 aromatic rings. The SMILES string of the molecule is C=C[C@H](C)C[C@@H](COC)S(N)(=O)=O. The standard InChI is InChI=1S/C8H17NO3S/c1-4-7(2)5-8(6-12-3)13(9,10)11/h4,7-8H,1,5-6H2,2-3H3,(H2,9,10,11)/t7-,8-/m0/s1. The first-order valence-corrected chi connectivity index (χ1v) is 5.65. The first-order valence-electron chi connectivity index (χ1n) is 4.05. The molecular weight excluding hydrogens is 190 g/mol. The number of hydrogen-bond donors (Lipinski definition) is 1. The van der Waals surface area contributed by atoms with Crippen molar-refractivity contribution in [3.63, 3.8) is 0 Å². The van der Waals surface area contributed by atoms with Crippen LogP contribution >= 0.6 is 0 Å². The van der Waals surface area contributed by atoms with Crippen molar-refractivity contribution in [3.8, 4) is 0 Å². The maximum Gasteiger partial charge on any atom is 0.214 e. The minimum Gasteiger partial charge on any atom is -0.383 e. The van der Waals surface area contributed by atoms with Gasteiger partial charge >= 0.3 is 0 Å². The second kappa shape index (κ2) is 5.36. The molecule has 0 spiro atoms. The Morgan fingerprint density at radius 1 is 1.62 bits per heavy atom. The van der Waals surface area contributed by atoms with Gasteiger partial charge in [0.25, 0.3) is 0 Å². The van der Waals surface area contributed by atoms with Crippen molar-refractivity contribution in [2.45, 2.75) is 18.6 Å². The lowest BCUT2D eigenvalue weighted by molar-refractivity contribution is 0.191.